The smallest absolute Gasteiger partial charge is 0.339 e. The van der Waals surface area contributed by atoms with Crippen LogP contribution in [0.1, 0.15) is 35.9 Å². The van der Waals surface area contributed by atoms with Crippen LogP contribution in [0.15, 0.2) is 30.3 Å². The minimum atomic E-state index is -0.380. The molecule has 1 aromatic heterocycles. The highest BCUT2D eigenvalue weighted by atomic mass is 16.6. The summed E-state index contributed by atoms with van der Waals surface area (Å²) in [4.78, 5) is 15.9. The van der Waals surface area contributed by atoms with E-state index in [1.165, 1.54) is 0 Å². The molecule has 122 valence electrons. The molecule has 0 saturated carbocycles. The largest absolute Gasteiger partial charge is 0.495 e. The number of rotatable bonds is 2. The summed E-state index contributed by atoms with van der Waals surface area (Å²) in [6, 6.07) is 9.81. The number of hydrogen-bond acceptors (Lipinski definition) is 4. The first-order chi connectivity index (χ1) is 11.5. The summed E-state index contributed by atoms with van der Waals surface area (Å²) in [5.74, 6) is 0.334. The lowest BCUT2D eigenvalue weighted by atomic mass is 9.93. The summed E-state index contributed by atoms with van der Waals surface area (Å²) in [6.07, 6.45) is -0.497. The van der Waals surface area contributed by atoms with Crippen molar-refractivity contribution in [3.8, 4) is 5.75 Å². The topological polar surface area (TPSA) is 63.9 Å². The van der Waals surface area contributed by atoms with E-state index in [0.717, 1.165) is 27.4 Å². The van der Waals surface area contributed by atoms with Crippen LogP contribution in [0.2, 0.25) is 0 Å². The van der Waals surface area contributed by atoms with Gasteiger partial charge in [0.2, 0.25) is 0 Å². The Kier molecular flexibility index (Phi) is 2.49. The highest BCUT2D eigenvalue weighted by Crippen LogP contribution is 2.52. The number of epoxide rings is 1. The quantitative estimate of drug-likeness (QED) is 0.577. The number of carbonyl (C=O) groups excluding carboxylic acids is 1. The SMILES string of the molecule is COc1cc2c(c3c1[nH]c1ccccc13)C(C1OC1(C)C)OC2=O. The fraction of sp³-hybridized carbons (Fsp3) is 0.316. The summed E-state index contributed by atoms with van der Waals surface area (Å²) in [5.41, 5.74) is 3.10. The molecule has 5 nitrogen and oxygen atoms in total. The fourth-order valence-electron chi connectivity index (χ4n) is 3.82. The molecule has 3 aromatic rings. The minimum Gasteiger partial charge on any atom is -0.495 e. The second kappa shape index (κ2) is 4.30. The number of ether oxygens (including phenoxy) is 3. The molecule has 2 aliphatic heterocycles. The molecule has 1 saturated heterocycles. The Morgan fingerprint density at radius 3 is 2.71 bits per heavy atom. The summed E-state index contributed by atoms with van der Waals surface area (Å²) in [5, 5.41) is 2.05. The van der Waals surface area contributed by atoms with Crippen molar-refractivity contribution in [2.24, 2.45) is 0 Å². The first-order valence-electron chi connectivity index (χ1n) is 8.01. The van der Waals surface area contributed by atoms with Gasteiger partial charge in [0.1, 0.15) is 11.9 Å². The van der Waals surface area contributed by atoms with Gasteiger partial charge in [-0.1, -0.05) is 18.2 Å². The van der Waals surface area contributed by atoms with Gasteiger partial charge in [0.15, 0.2) is 6.10 Å². The Morgan fingerprint density at radius 2 is 2.00 bits per heavy atom. The molecule has 1 N–H and O–H groups in total. The summed E-state index contributed by atoms with van der Waals surface area (Å²) in [7, 11) is 1.61. The molecule has 2 unspecified atom stereocenters. The highest BCUT2D eigenvalue weighted by Gasteiger charge is 2.57. The van der Waals surface area contributed by atoms with Crippen molar-refractivity contribution in [3.63, 3.8) is 0 Å². The second-order valence-corrected chi connectivity index (χ2v) is 6.93. The average Bonchev–Trinajstić information content (AvgIpc) is 2.92. The summed E-state index contributed by atoms with van der Waals surface area (Å²) >= 11 is 0. The Labute approximate surface area is 138 Å². The molecule has 0 bridgehead atoms. The molecule has 5 heteroatoms. The Bertz CT molecular complexity index is 1020. The Hall–Kier alpha value is -2.53. The number of aromatic nitrogens is 1. The number of methoxy groups -OCH3 is 1. The summed E-state index contributed by atoms with van der Waals surface area (Å²) < 4.78 is 17.0. The molecule has 0 amide bonds. The van der Waals surface area contributed by atoms with E-state index in [1.807, 2.05) is 38.1 Å². The third kappa shape index (κ3) is 1.65. The zero-order valence-electron chi connectivity index (χ0n) is 13.7. The van der Waals surface area contributed by atoms with E-state index >= 15 is 0 Å². The summed E-state index contributed by atoms with van der Waals surface area (Å²) in [6.45, 7) is 4.03. The van der Waals surface area contributed by atoms with Crippen molar-refractivity contribution in [2.75, 3.05) is 7.11 Å². The van der Waals surface area contributed by atoms with E-state index < -0.39 is 0 Å². The lowest BCUT2D eigenvalue weighted by Crippen LogP contribution is -2.13. The van der Waals surface area contributed by atoms with Gasteiger partial charge in [0.25, 0.3) is 0 Å². The van der Waals surface area contributed by atoms with Crippen molar-refractivity contribution in [1.29, 1.82) is 0 Å². The van der Waals surface area contributed by atoms with Crippen LogP contribution in [-0.2, 0) is 9.47 Å². The van der Waals surface area contributed by atoms with Gasteiger partial charge in [0.05, 0.1) is 23.8 Å². The van der Waals surface area contributed by atoms with Gasteiger partial charge in [0, 0.05) is 21.9 Å². The monoisotopic (exact) mass is 323 g/mol. The number of para-hydroxylation sites is 1. The first-order valence-corrected chi connectivity index (χ1v) is 8.01. The van der Waals surface area contributed by atoms with Crippen molar-refractivity contribution in [2.45, 2.75) is 31.7 Å². The highest BCUT2D eigenvalue weighted by molar-refractivity contribution is 6.15. The zero-order valence-corrected chi connectivity index (χ0v) is 13.7. The molecule has 2 atom stereocenters. The van der Waals surface area contributed by atoms with Crippen LogP contribution in [0.5, 0.6) is 5.75 Å². The molecule has 2 aliphatic rings. The maximum absolute atomic E-state index is 12.4. The van der Waals surface area contributed by atoms with Gasteiger partial charge in [-0.05, 0) is 26.0 Å². The van der Waals surface area contributed by atoms with Gasteiger partial charge in [-0.2, -0.15) is 0 Å². The lowest BCUT2D eigenvalue weighted by Gasteiger charge is -2.11. The van der Waals surface area contributed by atoms with Crippen molar-refractivity contribution >= 4 is 27.8 Å². The molecule has 0 radical (unpaired) electrons. The van der Waals surface area contributed by atoms with E-state index in [2.05, 4.69) is 4.98 Å². The third-order valence-electron chi connectivity index (χ3n) is 5.08. The van der Waals surface area contributed by atoms with Crippen molar-refractivity contribution in [1.82, 2.24) is 4.98 Å². The van der Waals surface area contributed by atoms with Crippen molar-refractivity contribution < 1.29 is 19.0 Å². The second-order valence-electron chi connectivity index (χ2n) is 6.93. The lowest BCUT2D eigenvalue weighted by molar-refractivity contribution is 0.0323. The van der Waals surface area contributed by atoms with Crippen LogP contribution in [0.4, 0.5) is 0 Å². The predicted molar refractivity (Wildman–Crippen MR) is 89.5 cm³/mol. The van der Waals surface area contributed by atoms with E-state index in [9.17, 15) is 4.79 Å². The van der Waals surface area contributed by atoms with E-state index in [0.29, 0.717) is 11.3 Å². The molecule has 0 aliphatic carbocycles. The molecule has 24 heavy (non-hydrogen) atoms. The minimum absolute atomic E-state index is 0.118. The number of aromatic amines is 1. The predicted octanol–water partition coefficient (Wildman–Crippen LogP) is 3.72. The average molecular weight is 323 g/mol. The molecule has 1 fully saturated rings. The number of benzene rings is 2. The number of esters is 1. The molecule has 2 aromatic carbocycles. The normalized spacial score (nSPS) is 24.2. The zero-order chi connectivity index (χ0) is 16.6. The van der Waals surface area contributed by atoms with Gasteiger partial charge in [-0.25, -0.2) is 4.79 Å². The maximum atomic E-state index is 12.4. The number of hydrogen-bond donors (Lipinski definition) is 1. The van der Waals surface area contributed by atoms with Gasteiger partial charge < -0.3 is 19.2 Å². The standard InChI is InChI=1S/C19H17NO4/c1-19(2)17(24-19)16-14-10(18(21)23-16)8-12(22-3)15-13(14)9-6-4-5-7-11(9)20-15/h4-8,16-17,20H,1-3H3. The van der Waals surface area contributed by atoms with Gasteiger partial charge >= 0.3 is 5.97 Å². The van der Waals surface area contributed by atoms with Crippen LogP contribution in [0.25, 0.3) is 21.8 Å². The molecular formula is C19H17NO4. The van der Waals surface area contributed by atoms with Crippen LogP contribution in [0.3, 0.4) is 0 Å². The van der Waals surface area contributed by atoms with Crippen LogP contribution >= 0.6 is 0 Å². The number of H-pyrrole nitrogens is 1. The van der Waals surface area contributed by atoms with Gasteiger partial charge in [-0.15, -0.1) is 0 Å². The van der Waals surface area contributed by atoms with Crippen LogP contribution < -0.4 is 4.74 Å². The Morgan fingerprint density at radius 1 is 1.25 bits per heavy atom. The Balaban J connectivity index is 1.88. The molecule has 3 heterocycles. The number of nitrogens with one attached hydrogen (secondary N) is 1. The molecule has 0 spiro atoms. The van der Waals surface area contributed by atoms with Gasteiger partial charge in [-0.3, -0.25) is 0 Å². The first kappa shape index (κ1) is 13.9. The molecule has 5 rings (SSSR count). The van der Waals surface area contributed by atoms with Crippen molar-refractivity contribution in [3.05, 3.63) is 41.5 Å². The molecular weight excluding hydrogens is 306 g/mol. The fourth-order valence-corrected chi connectivity index (χ4v) is 3.82. The van der Waals surface area contributed by atoms with E-state index in [1.54, 1.807) is 13.2 Å². The maximum Gasteiger partial charge on any atom is 0.339 e. The van der Waals surface area contributed by atoms with E-state index in [4.69, 9.17) is 14.2 Å². The van der Waals surface area contributed by atoms with Crippen LogP contribution in [0, 0.1) is 0 Å². The van der Waals surface area contributed by atoms with Crippen LogP contribution in [-0.4, -0.2) is 29.8 Å². The number of cyclic esters (lactones) is 1. The number of fused-ring (bicyclic) bond motifs is 5. The number of carbonyl (C=O) groups is 1. The van der Waals surface area contributed by atoms with E-state index in [-0.39, 0.29) is 23.8 Å². The third-order valence-corrected chi connectivity index (χ3v) is 5.08.